The monoisotopic (exact) mass is 300 g/mol. The second-order valence-electron chi connectivity index (χ2n) is 5.43. The van der Waals surface area contributed by atoms with Crippen molar-refractivity contribution in [3.63, 3.8) is 0 Å². The van der Waals surface area contributed by atoms with Gasteiger partial charge in [-0.05, 0) is 19.8 Å². The Morgan fingerprint density at radius 1 is 0.857 bits per heavy atom. The lowest BCUT2D eigenvalue weighted by atomic mass is 10.1. The Hall–Kier alpha value is -0.870. The minimum atomic E-state index is -0.349. The summed E-state index contributed by atoms with van der Waals surface area (Å²) in [5.41, 5.74) is 0.423. The normalized spacial score (nSPS) is 10.6. The highest BCUT2D eigenvalue weighted by molar-refractivity contribution is 5.86. The molecule has 0 fully saturated rings. The zero-order valence-corrected chi connectivity index (χ0v) is 13.6. The summed E-state index contributed by atoms with van der Waals surface area (Å²) in [5, 5.41) is 8.65. The van der Waals surface area contributed by atoms with Gasteiger partial charge in [0.25, 0.3) is 0 Å². The Morgan fingerprint density at radius 3 is 1.90 bits per heavy atom. The van der Waals surface area contributed by atoms with Crippen LogP contribution in [0.25, 0.3) is 0 Å². The van der Waals surface area contributed by atoms with Crippen LogP contribution in [0.2, 0.25) is 0 Å². The van der Waals surface area contributed by atoms with E-state index in [2.05, 4.69) is 6.58 Å². The molecule has 0 saturated heterocycles. The average molecular weight is 300 g/mol. The van der Waals surface area contributed by atoms with Crippen molar-refractivity contribution in [2.24, 2.45) is 0 Å². The summed E-state index contributed by atoms with van der Waals surface area (Å²) >= 11 is 0. The van der Waals surface area contributed by atoms with E-state index in [1.165, 1.54) is 38.5 Å². The van der Waals surface area contributed by atoms with Gasteiger partial charge in [0.05, 0.1) is 6.61 Å². The van der Waals surface area contributed by atoms with Crippen LogP contribution < -0.4 is 0 Å². The molecule has 0 unspecified atom stereocenters. The summed E-state index contributed by atoms with van der Waals surface area (Å²) in [6, 6.07) is 0. The highest BCUT2D eigenvalue weighted by atomic mass is 16.6. The van der Waals surface area contributed by atoms with Gasteiger partial charge in [-0.3, -0.25) is 0 Å². The van der Waals surface area contributed by atoms with Gasteiger partial charge in [-0.2, -0.15) is 0 Å². The molecule has 0 rings (SSSR count). The van der Waals surface area contributed by atoms with E-state index in [4.69, 9.17) is 14.6 Å². The maximum atomic E-state index is 11.1. The summed E-state index contributed by atoms with van der Waals surface area (Å²) in [6.45, 7) is 6.98. The van der Waals surface area contributed by atoms with E-state index in [-0.39, 0.29) is 5.97 Å². The van der Waals surface area contributed by atoms with Crippen LogP contribution in [0.5, 0.6) is 0 Å². The van der Waals surface area contributed by atoms with Crippen molar-refractivity contribution >= 4 is 5.97 Å². The van der Waals surface area contributed by atoms with Gasteiger partial charge in [0.2, 0.25) is 0 Å². The summed E-state index contributed by atoms with van der Waals surface area (Å²) in [4.78, 5) is 11.1. The predicted octanol–water partition coefficient (Wildman–Crippen LogP) is 3.63. The van der Waals surface area contributed by atoms with Crippen molar-refractivity contribution in [1.29, 1.82) is 0 Å². The molecule has 0 bridgehead atoms. The van der Waals surface area contributed by atoms with Crippen molar-refractivity contribution in [1.82, 2.24) is 0 Å². The quantitative estimate of drug-likeness (QED) is 0.285. The lowest BCUT2D eigenvalue weighted by molar-refractivity contribution is -0.140. The topological polar surface area (TPSA) is 55.8 Å². The van der Waals surface area contributed by atoms with Crippen molar-refractivity contribution in [3.05, 3.63) is 12.2 Å². The predicted molar refractivity (Wildman–Crippen MR) is 85.2 cm³/mol. The van der Waals surface area contributed by atoms with E-state index >= 15 is 0 Å². The molecule has 0 aliphatic heterocycles. The van der Waals surface area contributed by atoms with Crippen LogP contribution in [-0.4, -0.2) is 37.5 Å². The second kappa shape index (κ2) is 15.5. The standard InChI is InChI=1S/C17H32O4/c1-16(2)17(19)21-15-14-20-13-11-9-7-5-3-4-6-8-10-12-18/h18H,1,3-15H2,2H3. The van der Waals surface area contributed by atoms with E-state index in [1.54, 1.807) is 6.92 Å². The molecular formula is C17H32O4. The number of rotatable bonds is 15. The molecule has 4 nitrogen and oxygen atoms in total. The number of hydrogen-bond acceptors (Lipinski definition) is 4. The third kappa shape index (κ3) is 15.3. The zero-order chi connectivity index (χ0) is 15.8. The highest BCUT2D eigenvalue weighted by Crippen LogP contribution is 2.09. The maximum absolute atomic E-state index is 11.1. The fraction of sp³-hybridized carbons (Fsp3) is 0.824. The number of unbranched alkanes of at least 4 members (excludes halogenated alkanes) is 8. The maximum Gasteiger partial charge on any atom is 0.333 e. The van der Waals surface area contributed by atoms with Crippen LogP contribution in [-0.2, 0) is 14.3 Å². The van der Waals surface area contributed by atoms with Gasteiger partial charge in [-0.25, -0.2) is 4.79 Å². The number of carbonyl (C=O) groups excluding carboxylic acids is 1. The minimum Gasteiger partial charge on any atom is -0.460 e. The van der Waals surface area contributed by atoms with Gasteiger partial charge >= 0.3 is 5.97 Å². The van der Waals surface area contributed by atoms with E-state index in [9.17, 15) is 4.79 Å². The van der Waals surface area contributed by atoms with Crippen molar-refractivity contribution in [3.8, 4) is 0 Å². The first-order valence-electron chi connectivity index (χ1n) is 8.19. The van der Waals surface area contributed by atoms with Gasteiger partial charge in [0.15, 0.2) is 0 Å². The summed E-state index contributed by atoms with van der Waals surface area (Å²) in [7, 11) is 0. The Bertz CT molecular complexity index is 264. The molecule has 0 aromatic carbocycles. The molecule has 0 aliphatic carbocycles. The van der Waals surface area contributed by atoms with Crippen molar-refractivity contribution < 1.29 is 19.4 Å². The Balaban J connectivity index is 3.06. The fourth-order valence-corrected chi connectivity index (χ4v) is 1.97. The van der Waals surface area contributed by atoms with Crippen LogP contribution in [0, 0.1) is 0 Å². The first-order valence-corrected chi connectivity index (χ1v) is 8.19. The zero-order valence-electron chi connectivity index (χ0n) is 13.6. The lowest BCUT2D eigenvalue weighted by Crippen LogP contribution is -2.11. The molecule has 0 heterocycles. The van der Waals surface area contributed by atoms with Gasteiger partial charge < -0.3 is 14.6 Å². The number of aliphatic hydroxyl groups is 1. The molecule has 1 N–H and O–H groups in total. The van der Waals surface area contributed by atoms with Gasteiger partial charge in [-0.1, -0.05) is 51.5 Å². The first-order chi connectivity index (χ1) is 10.2. The number of carbonyl (C=O) groups is 1. The van der Waals surface area contributed by atoms with Crippen LogP contribution in [0.3, 0.4) is 0 Å². The first kappa shape index (κ1) is 20.1. The molecule has 0 aliphatic rings. The molecule has 0 aromatic heterocycles. The van der Waals surface area contributed by atoms with Crippen LogP contribution in [0.15, 0.2) is 12.2 Å². The summed E-state index contributed by atoms with van der Waals surface area (Å²) in [6.07, 6.45) is 10.7. The molecule has 0 radical (unpaired) electrons. The van der Waals surface area contributed by atoms with Gasteiger partial charge in [-0.15, -0.1) is 0 Å². The molecule has 124 valence electrons. The van der Waals surface area contributed by atoms with E-state index < -0.39 is 0 Å². The number of ether oxygens (including phenoxy) is 2. The van der Waals surface area contributed by atoms with Crippen LogP contribution >= 0.6 is 0 Å². The number of hydrogen-bond donors (Lipinski definition) is 1. The second-order valence-corrected chi connectivity index (χ2v) is 5.43. The Kier molecular flexibility index (Phi) is 14.9. The number of aliphatic hydroxyl groups excluding tert-OH is 1. The minimum absolute atomic E-state index is 0.305. The van der Waals surface area contributed by atoms with Crippen LogP contribution in [0.4, 0.5) is 0 Å². The van der Waals surface area contributed by atoms with E-state index in [0.29, 0.717) is 25.4 Å². The smallest absolute Gasteiger partial charge is 0.333 e. The number of esters is 1. The average Bonchev–Trinajstić information content (AvgIpc) is 2.47. The van der Waals surface area contributed by atoms with E-state index in [0.717, 1.165) is 25.9 Å². The summed E-state index contributed by atoms with van der Waals surface area (Å²) < 4.78 is 10.3. The molecule has 21 heavy (non-hydrogen) atoms. The van der Waals surface area contributed by atoms with Gasteiger partial charge in [0.1, 0.15) is 6.61 Å². The lowest BCUT2D eigenvalue weighted by Gasteiger charge is -2.06. The SMILES string of the molecule is C=C(C)C(=O)OCCOCCCCCCCCCCCO. The summed E-state index contributed by atoms with van der Waals surface area (Å²) in [5.74, 6) is -0.349. The fourth-order valence-electron chi connectivity index (χ4n) is 1.97. The third-order valence-electron chi connectivity index (χ3n) is 3.26. The van der Waals surface area contributed by atoms with Crippen molar-refractivity contribution in [2.45, 2.75) is 64.7 Å². The largest absolute Gasteiger partial charge is 0.460 e. The van der Waals surface area contributed by atoms with E-state index in [1.807, 2.05) is 0 Å². The highest BCUT2D eigenvalue weighted by Gasteiger charge is 2.01. The molecule has 4 heteroatoms. The molecule has 0 aromatic rings. The Morgan fingerprint density at radius 2 is 1.38 bits per heavy atom. The molecule has 0 atom stereocenters. The van der Waals surface area contributed by atoms with Gasteiger partial charge in [0, 0.05) is 18.8 Å². The van der Waals surface area contributed by atoms with Crippen molar-refractivity contribution in [2.75, 3.05) is 26.4 Å². The third-order valence-corrected chi connectivity index (χ3v) is 3.26. The molecule has 0 saturated carbocycles. The van der Waals surface area contributed by atoms with Crippen LogP contribution in [0.1, 0.15) is 64.7 Å². The molecule has 0 spiro atoms. The Labute approximate surface area is 129 Å². The molecule has 0 amide bonds. The molecular weight excluding hydrogens is 268 g/mol.